The summed E-state index contributed by atoms with van der Waals surface area (Å²) in [4.78, 5) is 6.38. The Hall–Kier alpha value is -0.570. The summed E-state index contributed by atoms with van der Waals surface area (Å²) in [5.41, 5.74) is 0. The molecule has 0 atom stereocenters. The van der Waals surface area contributed by atoms with Crippen molar-refractivity contribution in [2.24, 2.45) is 4.99 Å². The summed E-state index contributed by atoms with van der Waals surface area (Å²) in [7, 11) is 0. The van der Waals surface area contributed by atoms with E-state index < -0.39 is 0 Å². The molecule has 0 bridgehead atoms. The van der Waals surface area contributed by atoms with Crippen LogP contribution in [0.4, 0.5) is 0 Å². The molecule has 1 aliphatic heterocycles. The molecule has 0 radical (unpaired) electrons. The van der Waals surface area contributed by atoms with Gasteiger partial charge in [0.05, 0.1) is 12.4 Å². The van der Waals surface area contributed by atoms with Gasteiger partial charge in [0, 0.05) is 19.6 Å². The second-order valence-corrected chi connectivity index (χ2v) is 2.49. The third kappa shape index (κ3) is 1.70. The van der Waals surface area contributed by atoms with Gasteiger partial charge in [0.25, 0.3) is 0 Å². The molecule has 3 nitrogen and oxygen atoms in total. The van der Waals surface area contributed by atoms with Gasteiger partial charge >= 0.3 is 0 Å². The first kappa shape index (κ1) is 7.54. The molecule has 0 aliphatic carbocycles. The van der Waals surface area contributed by atoms with E-state index >= 15 is 0 Å². The largest absolute Gasteiger partial charge is 0.395 e. The fraction of sp³-hybridized carbons (Fsp3) is 0.857. The van der Waals surface area contributed by atoms with Crippen molar-refractivity contribution in [3.8, 4) is 0 Å². The van der Waals surface area contributed by atoms with Crippen LogP contribution >= 0.6 is 0 Å². The van der Waals surface area contributed by atoms with E-state index in [1.807, 2.05) is 6.92 Å². The van der Waals surface area contributed by atoms with Gasteiger partial charge in [-0.2, -0.15) is 0 Å². The maximum absolute atomic E-state index is 8.64. The van der Waals surface area contributed by atoms with Crippen molar-refractivity contribution in [3.05, 3.63) is 0 Å². The number of amidine groups is 1. The Morgan fingerprint density at radius 2 is 2.50 bits per heavy atom. The average molecular weight is 142 g/mol. The number of hydrogen-bond acceptors (Lipinski definition) is 3. The van der Waals surface area contributed by atoms with Crippen molar-refractivity contribution in [1.29, 1.82) is 0 Å². The van der Waals surface area contributed by atoms with Gasteiger partial charge in [-0.3, -0.25) is 4.99 Å². The minimum Gasteiger partial charge on any atom is -0.395 e. The second-order valence-electron chi connectivity index (χ2n) is 2.49. The van der Waals surface area contributed by atoms with Gasteiger partial charge in [0.1, 0.15) is 0 Å². The summed E-state index contributed by atoms with van der Waals surface area (Å²) in [6, 6.07) is 0. The lowest BCUT2D eigenvalue weighted by Gasteiger charge is -2.26. The van der Waals surface area contributed by atoms with Crippen LogP contribution in [0.15, 0.2) is 4.99 Å². The van der Waals surface area contributed by atoms with Crippen LogP contribution in [-0.4, -0.2) is 42.1 Å². The third-order valence-corrected chi connectivity index (χ3v) is 1.75. The molecule has 0 saturated heterocycles. The van der Waals surface area contributed by atoms with Crippen LogP contribution in [0.3, 0.4) is 0 Å². The highest BCUT2D eigenvalue weighted by Gasteiger charge is 2.08. The maximum atomic E-state index is 8.64. The van der Waals surface area contributed by atoms with Gasteiger partial charge in [0.15, 0.2) is 0 Å². The van der Waals surface area contributed by atoms with E-state index in [2.05, 4.69) is 9.89 Å². The standard InChI is InChI=1S/C7H14N2O/c1-7-8-3-2-4-9(7)5-6-10/h10H,2-6H2,1H3. The monoisotopic (exact) mass is 142 g/mol. The molecule has 1 aliphatic rings. The zero-order valence-corrected chi connectivity index (χ0v) is 6.38. The van der Waals surface area contributed by atoms with E-state index in [-0.39, 0.29) is 6.61 Å². The van der Waals surface area contributed by atoms with Crippen LogP contribution in [0.1, 0.15) is 13.3 Å². The lowest BCUT2D eigenvalue weighted by Crippen LogP contribution is -2.35. The zero-order valence-electron chi connectivity index (χ0n) is 6.38. The highest BCUT2D eigenvalue weighted by molar-refractivity contribution is 5.80. The number of aliphatic hydroxyl groups is 1. The van der Waals surface area contributed by atoms with Crippen molar-refractivity contribution in [3.63, 3.8) is 0 Å². The Balaban J connectivity index is 2.41. The molecule has 0 aromatic heterocycles. The smallest absolute Gasteiger partial charge is 0.0958 e. The summed E-state index contributed by atoms with van der Waals surface area (Å²) in [6.07, 6.45) is 1.12. The van der Waals surface area contributed by atoms with Gasteiger partial charge < -0.3 is 10.0 Å². The number of nitrogens with zero attached hydrogens (tertiary/aromatic N) is 2. The van der Waals surface area contributed by atoms with Crippen molar-refractivity contribution < 1.29 is 5.11 Å². The third-order valence-electron chi connectivity index (χ3n) is 1.75. The fourth-order valence-electron chi connectivity index (χ4n) is 1.16. The summed E-state index contributed by atoms with van der Waals surface area (Å²) in [5.74, 6) is 1.07. The SMILES string of the molecule is CC1=NCCCN1CCO. The van der Waals surface area contributed by atoms with E-state index in [4.69, 9.17) is 5.11 Å². The lowest BCUT2D eigenvalue weighted by atomic mass is 10.3. The van der Waals surface area contributed by atoms with Gasteiger partial charge in [-0.1, -0.05) is 0 Å². The molecule has 58 valence electrons. The summed E-state index contributed by atoms with van der Waals surface area (Å²) >= 11 is 0. The first-order valence-electron chi connectivity index (χ1n) is 3.71. The molecule has 3 heteroatoms. The number of β-amino-alcohol motifs (C(OH)–C–C–N with tert-alkyl or cyclic N) is 1. The maximum Gasteiger partial charge on any atom is 0.0958 e. The molecule has 1 N–H and O–H groups in total. The molecule has 1 heterocycles. The highest BCUT2D eigenvalue weighted by atomic mass is 16.3. The summed E-state index contributed by atoms with van der Waals surface area (Å²) in [5, 5.41) is 8.64. The minimum atomic E-state index is 0.229. The van der Waals surface area contributed by atoms with Crippen molar-refractivity contribution in [2.45, 2.75) is 13.3 Å². The van der Waals surface area contributed by atoms with Crippen LogP contribution in [0.25, 0.3) is 0 Å². The first-order chi connectivity index (χ1) is 4.84. The van der Waals surface area contributed by atoms with E-state index in [1.165, 1.54) is 0 Å². The van der Waals surface area contributed by atoms with E-state index in [9.17, 15) is 0 Å². The van der Waals surface area contributed by atoms with Gasteiger partial charge in [-0.15, -0.1) is 0 Å². The predicted molar refractivity (Wildman–Crippen MR) is 41.3 cm³/mol. The van der Waals surface area contributed by atoms with Crippen LogP contribution in [-0.2, 0) is 0 Å². The molecule has 1 rings (SSSR count). The van der Waals surface area contributed by atoms with Gasteiger partial charge in [0.2, 0.25) is 0 Å². The van der Waals surface area contributed by atoms with Crippen LogP contribution in [0, 0.1) is 0 Å². The molecule has 0 unspecified atom stereocenters. The normalized spacial score (nSPS) is 19.0. The van der Waals surface area contributed by atoms with Crippen LogP contribution < -0.4 is 0 Å². The van der Waals surface area contributed by atoms with E-state index in [0.717, 1.165) is 31.9 Å². The summed E-state index contributed by atoms with van der Waals surface area (Å²) < 4.78 is 0. The quantitative estimate of drug-likeness (QED) is 0.593. The Labute approximate surface area is 61.4 Å². The first-order valence-corrected chi connectivity index (χ1v) is 3.71. The molecule has 0 fully saturated rings. The fourth-order valence-corrected chi connectivity index (χ4v) is 1.16. The Kier molecular flexibility index (Phi) is 2.68. The van der Waals surface area contributed by atoms with Crippen LogP contribution in [0.2, 0.25) is 0 Å². The van der Waals surface area contributed by atoms with Gasteiger partial charge in [-0.25, -0.2) is 0 Å². The number of aliphatic imine (C=N–C) groups is 1. The molecule has 10 heavy (non-hydrogen) atoms. The highest BCUT2D eigenvalue weighted by Crippen LogP contribution is 2.00. The minimum absolute atomic E-state index is 0.229. The molecular weight excluding hydrogens is 128 g/mol. The topological polar surface area (TPSA) is 35.8 Å². The molecule has 0 saturated carbocycles. The Morgan fingerprint density at radius 3 is 3.10 bits per heavy atom. The molecule has 0 amide bonds. The van der Waals surface area contributed by atoms with Gasteiger partial charge in [-0.05, 0) is 13.3 Å². The van der Waals surface area contributed by atoms with Crippen molar-refractivity contribution in [1.82, 2.24) is 4.90 Å². The number of hydrogen-bond donors (Lipinski definition) is 1. The molecule has 0 aromatic carbocycles. The molecule has 0 aromatic rings. The molecular formula is C7H14N2O. The molecule has 0 spiro atoms. The zero-order chi connectivity index (χ0) is 7.40. The number of aliphatic hydroxyl groups excluding tert-OH is 1. The van der Waals surface area contributed by atoms with Crippen molar-refractivity contribution in [2.75, 3.05) is 26.2 Å². The second kappa shape index (κ2) is 3.56. The van der Waals surface area contributed by atoms with E-state index in [1.54, 1.807) is 0 Å². The Bertz CT molecular complexity index is 134. The van der Waals surface area contributed by atoms with Crippen molar-refractivity contribution >= 4 is 5.84 Å². The Morgan fingerprint density at radius 1 is 1.70 bits per heavy atom. The van der Waals surface area contributed by atoms with Crippen LogP contribution in [0.5, 0.6) is 0 Å². The predicted octanol–water partition coefficient (Wildman–Crippen LogP) is 0.103. The summed E-state index contributed by atoms with van der Waals surface area (Å²) in [6.45, 7) is 4.96. The van der Waals surface area contributed by atoms with E-state index in [0.29, 0.717) is 0 Å². The lowest BCUT2D eigenvalue weighted by molar-refractivity contribution is 0.244. The average Bonchev–Trinajstić information content (AvgIpc) is 1.94. The number of rotatable bonds is 2.